The van der Waals surface area contributed by atoms with E-state index in [1.165, 1.54) is 0 Å². The molecule has 0 saturated carbocycles. The van der Waals surface area contributed by atoms with Gasteiger partial charge in [-0.3, -0.25) is 0 Å². The molecule has 0 amide bonds. The van der Waals surface area contributed by atoms with Crippen LogP contribution in [-0.2, 0) is 6.42 Å². The van der Waals surface area contributed by atoms with Crippen molar-refractivity contribution in [1.29, 1.82) is 0 Å². The first kappa shape index (κ1) is 17.7. The average Bonchev–Trinajstić information content (AvgIpc) is 2.66. The molecule has 26 heavy (non-hydrogen) atoms. The van der Waals surface area contributed by atoms with Gasteiger partial charge in [-0.1, -0.05) is 6.07 Å². The van der Waals surface area contributed by atoms with Crippen molar-refractivity contribution in [1.82, 2.24) is 4.98 Å². The molecule has 3 rings (SSSR count). The maximum absolute atomic E-state index is 6.01. The van der Waals surface area contributed by atoms with Gasteiger partial charge in [-0.25, -0.2) is 4.98 Å². The first-order chi connectivity index (χ1) is 12.6. The van der Waals surface area contributed by atoms with Crippen LogP contribution in [0.4, 0.5) is 5.82 Å². The summed E-state index contributed by atoms with van der Waals surface area (Å²) in [6.45, 7) is 0. The Hall–Kier alpha value is -3.15. The molecule has 0 unspecified atom stereocenters. The topological polar surface area (TPSA) is 75.8 Å². The monoisotopic (exact) mass is 354 g/mol. The third-order valence-electron chi connectivity index (χ3n) is 4.25. The normalized spacial score (nSPS) is 10.6. The number of ether oxygens (including phenoxy) is 4. The summed E-state index contributed by atoms with van der Waals surface area (Å²) in [7, 11) is 6.46. The fourth-order valence-corrected chi connectivity index (χ4v) is 2.99. The minimum absolute atomic E-state index is 0.459. The molecule has 136 valence electrons. The molecule has 3 aromatic rings. The summed E-state index contributed by atoms with van der Waals surface area (Å²) in [4.78, 5) is 4.53. The highest BCUT2D eigenvalue weighted by Gasteiger charge is 2.13. The smallest absolute Gasteiger partial charge is 0.161 e. The number of rotatable bonds is 6. The molecule has 0 fully saturated rings. The van der Waals surface area contributed by atoms with Crippen LogP contribution in [0.25, 0.3) is 10.8 Å². The van der Waals surface area contributed by atoms with E-state index >= 15 is 0 Å². The van der Waals surface area contributed by atoms with Gasteiger partial charge in [-0.15, -0.1) is 0 Å². The number of fused-ring (bicyclic) bond motifs is 1. The summed E-state index contributed by atoms with van der Waals surface area (Å²) in [5, 5.41) is 1.91. The molecule has 1 heterocycles. The molecule has 0 radical (unpaired) electrons. The van der Waals surface area contributed by atoms with Gasteiger partial charge in [0.2, 0.25) is 0 Å². The maximum atomic E-state index is 6.01. The van der Waals surface area contributed by atoms with Crippen molar-refractivity contribution in [3.05, 3.63) is 47.7 Å². The fraction of sp³-hybridized carbons (Fsp3) is 0.250. The van der Waals surface area contributed by atoms with Crippen LogP contribution >= 0.6 is 0 Å². The van der Waals surface area contributed by atoms with Gasteiger partial charge >= 0.3 is 0 Å². The van der Waals surface area contributed by atoms with Crippen LogP contribution in [-0.4, -0.2) is 33.4 Å². The largest absolute Gasteiger partial charge is 0.493 e. The van der Waals surface area contributed by atoms with Crippen LogP contribution < -0.4 is 24.7 Å². The van der Waals surface area contributed by atoms with Crippen molar-refractivity contribution in [2.24, 2.45) is 0 Å². The number of anilines is 1. The van der Waals surface area contributed by atoms with E-state index in [1.807, 2.05) is 36.4 Å². The van der Waals surface area contributed by atoms with E-state index in [-0.39, 0.29) is 0 Å². The highest BCUT2D eigenvalue weighted by Crippen LogP contribution is 2.35. The number of methoxy groups -OCH3 is 4. The molecule has 6 nitrogen and oxygen atoms in total. The molecule has 0 aliphatic heterocycles. The zero-order chi connectivity index (χ0) is 18.7. The number of benzene rings is 2. The van der Waals surface area contributed by atoms with Gasteiger partial charge in [0.1, 0.15) is 5.82 Å². The second kappa shape index (κ2) is 7.39. The van der Waals surface area contributed by atoms with E-state index in [9.17, 15) is 0 Å². The lowest BCUT2D eigenvalue weighted by atomic mass is 10.0. The van der Waals surface area contributed by atoms with E-state index in [0.29, 0.717) is 35.2 Å². The SMILES string of the molecule is COc1ccc(Cc2nc(N)cc3cc(OC)c(OC)cc23)cc1OC. The molecule has 6 heteroatoms. The maximum Gasteiger partial charge on any atom is 0.161 e. The Labute approximate surface area is 152 Å². The highest BCUT2D eigenvalue weighted by atomic mass is 16.5. The third kappa shape index (κ3) is 3.31. The number of nitrogens with two attached hydrogens (primary N) is 1. The van der Waals surface area contributed by atoms with Gasteiger partial charge < -0.3 is 24.7 Å². The van der Waals surface area contributed by atoms with Crippen molar-refractivity contribution in [2.45, 2.75) is 6.42 Å². The Morgan fingerprint density at radius 2 is 1.38 bits per heavy atom. The van der Waals surface area contributed by atoms with Gasteiger partial charge in [0.05, 0.1) is 34.1 Å². The lowest BCUT2D eigenvalue weighted by Gasteiger charge is -2.13. The van der Waals surface area contributed by atoms with Crippen molar-refractivity contribution in [2.75, 3.05) is 34.2 Å². The molecule has 0 saturated heterocycles. The Bertz CT molecular complexity index is 941. The number of aromatic nitrogens is 1. The predicted molar refractivity (Wildman–Crippen MR) is 102 cm³/mol. The van der Waals surface area contributed by atoms with Crippen molar-refractivity contribution in [3.63, 3.8) is 0 Å². The van der Waals surface area contributed by atoms with Crippen LogP contribution in [0.15, 0.2) is 36.4 Å². The molecule has 0 aliphatic carbocycles. The summed E-state index contributed by atoms with van der Waals surface area (Å²) in [5.74, 6) is 3.13. The van der Waals surface area contributed by atoms with Crippen LogP contribution in [0.3, 0.4) is 0 Å². The van der Waals surface area contributed by atoms with E-state index < -0.39 is 0 Å². The first-order valence-electron chi connectivity index (χ1n) is 8.11. The standard InChI is InChI=1S/C20H22N2O4/c1-23-16-6-5-12(8-17(16)24-2)7-15-14-11-19(26-4)18(25-3)9-13(14)10-20(21)22-15/h5-6,8-11H,7H2,1-4H3,(H2,21,22). The Morgan fingerprint density at radius 1 is 0.769 bits per heavy atom. The Balaban J connectivity index is 2.09. The highest BCUT2D eigenvalue weighted by molar-refractivity contribution is 5.90. The third-order valence-corrected chi connectivity index (χ3v) is 4.25. The number of hydrogen-bond acceptors (Lipinski definition) is 6. The van der Waals surface area contributed by atoms with Crippen LogP contribution in [0, 0.1) is 0 Å². The molecule has 1 aromatic heterocycles. The number of nitrogens with zero attached hydrogens (tertiary/aromatic N) is 1. The molecule has 0 spiro atoms. The molecular weight excluding hydrogens is 332 g/mol. The minimum Gasteiger partial charge on any atom is -0.493 e. The number of hydrogen-bond donors (Lipinski definition) is 1. The quantitative estimate of drug-likeness (QED) is 0.731. The second-order valence-electron chi connectivity index (χ2n) is 5.79. The van der Waals surface area contributed by atoms with Crippen LogP contribution in [0.2, 0.25) is 0 Å². The zero-order valence-corrected chi connectivity index (χ0v) is 15.3. The predicted octanol–water partition coefficient (Wildman–Crippen LogP) is 3.44. The van der Waals surface area contributed by atoms with Gasteiger partial charge in [0.15, 0.2) is 23.0 Å². The molecule has 0 atom stereocenters. The van der Waals surface area contributed by atoms with E-state index in [0.717, 1.165) is 22.0 Å². The molecule has 0 aliphatic rings. The zero-order valence-electron chi connectivity index (χ0n) is 15.3. The molecular formula is C20H22N2O4. The van der Waals surface area contributed by atoms with Crippen molar-refractivity contribution < 1.29 is 18.9 Å². The molecule has 0 bridgehead atoms. The molecule has 2 N–H and O–H groups in total. The first-order valence-corrected chi connectivity index (χ1v) is 8.11. The van der Waals surface area contributed by atoms with Crippen molar-refractivity contribution >= 4 is 16.6 Å². The van der Waals surface area contributed by atoms with Crippen LogP contribution in [0.5, 0.6) is 23.0 Å². The van der Waals surface area contributed by atoms with E-state index in [4.69, 9.17) is 24.7 Å². The average molecular weight is 354 g/mol. The van der Waals surface area contributed by atoms with E-state index in [1.54, 1.807) is 28.4 Å². The summed E-state index contributed by atoms with van der Waals surface area (Å²) >= 11 is 0. The van der Waals surface area contributed by atoms with Gasteiger partial charge in [-0.2, -0.15) is 0 Å². The lowest BCUT2D eigenvalue weighted by Crippen LogP contribution is -2.01. The summed E-state index contributed by atoms with van der Waals surface area (Å²) < 4.78 is 21.5. The van der Waals surface area contributed by atoms with Crippen LogP contribution in [0.1, 0.15) is 11.3 Å². The van der Waals surface area contributed by atoms with Crippen molar-refractivity contribution in [3.8, 4) is 23.0 Å². The second-order valence-corrected chi connectivity index (χ2v) is 5.79. The Morgan fingerprint density at radius 3 is 2.04 bits per heavy atom. The lowest BCUT2D eigenvalue weighted by molar-refractivity contribution is 0.354. The number of nitrogen functional groups attached to an aromatic ring is 1. The molecule has 2 aromatic carbocycles. The fourth-order valence-electron chi connectivity index (χ4n) is 2.99. The number of pyridine rings is 1. The summed E-state index contributed by atoms with van der Waals surface area (Å²) in [6.07, 6.45) is 0.595. The summed E-state index contributed by atoms with van der Waals surface area (Å²) in [5.41, 5.74) is 7.91. The van der Waals surface area contributed by atoms with Gasteiger partial charge in [-0.05, 0) is 41.3 Å². The Kier molecular flexibility index (Phi) is 5.02. The summed E-state index contributed by atoms with van der Waals surface area (Å²) in [6, 6.07) is 11.5. The van der Waals surface area contributed by atoms with Gasteiger partial charge in [0, 0.05) is 11.8 Å². The van der Waals surface area contributed by atoms with Gasteiger partial charge in [0.25, 0.3) is 0 Å². The minimum atomic E-state index is 0.459. The van der Waals surface area contributed by atoms with E-state index in [2.05, 4.69) is 4.98 Å².